The van der Waals surface area contributed by atoms with Crippen molar-refractivity contribution in [2.75, 3.05) is 0 Å². The Hall–Kier alpha value is -0.760. The van der Waals surface area contributed by atoms with Crippen LogP contribution in [0.5, 0.6) is 0 Å². The van der Waals surface area contributed by atoms with Crippen LogP contribution >= 0.6 is 34.8 Å². The first-order valence-corrected chi connectivity index (χ1v) is 6.21. The number of benzene rings is 2. The minimum Gasteiger partial charge on any atom is -0.207 e. The van der Waals surface area contributed by atoms with E-state index in [1.807, 2.05) is 0 Å². The van der Waals surface area contributed by atoms with Crippen molar-refractivity contribution < 1.29 is 4.39 Å². The van der Waals surface area contributed by atoms with Crippen LogP contribution in [0, 0.1) is 5.82 Å². The second-order valence-corrected chi connectivity index (χ2v) is 4.62. The van der Waals surface area contributed by atoms with Gasteiger partial charge in [-0.15, -0.1) is 11.6 Å². The Kier molecular flexibility index (Phi) is 3.93. The van der Waals surface area contributed by atoms with Crippen molar-refractivity contribution in [3.63, 3.8) is 0 Å². The van der Waals surface area contributed by atoms with E-state index < -0.39 is 0 Å². The van der Waals surface area contributed by atoms with Gasteiger partial charge in [-0.2, -0.15) is 0 Å². The van der Waals surface area contributed by atoms with Gasteiger partial charge < -0.3 is 0 Å². The van der Waals surface area contributed by atoms with Crippen LogP contribution in [0.25, 0.3) is 11.1 Å². The van der Waals surface area contributed by atoms with E-state index in [1.165, 1.54) is 6.07 Å². The standard InChI is InChI=1S/C13H8Cl3F/c14-7-9-5-4-8(6-12(9)17)13-10(15)2-1-3-11(13)16/h1-6H,7H2. The van der Waals surface area contributed by atoms with Crippen LogP contribution in [0.15, 0.2) is 36.4 Å². The normalized spacial score (nSPS) is 10.6. The first-order valence-electron chi connectivity index (χ1n) is 4.92. The van der Waals surface area contributed by atoms with Crippen molar-refractivity contribution in [2.24, 2.45) is 0 Å². The van der Waals surface area contributed by atoms with Crippen LogP contribution in [0.1, 0.15) is 5.56 Å². The van der Waals surface area contributed by atoms with Crippen LogP contribution in [-0.2, 0) is 5.88 Å². The SMILES string of the molecule is Fc1cc(-c2c(Cl)cccc2Cl)ccc1CCl. The molecule has 0 amide bonds. The lowest BCUT2D eigenvalue weighted by molar-refractivity contribution is 0.617. The van der Waals surface area contributed by atoms with Gasteiger partial charge in [-0.3, -0.25) is 0 Å². The summed E-state index contributed by atoms with van der Waals surface area (Å²) in [7, 11) is 0. The Bertz CT molecular complexity index is 532. The summed E-state index contributed by atoms with van der Waals surface area (Å²) in [5.41, 5.74) is 1.74. The van der Waals surface area contributed by atoms with Crippen molar-refractivity contribution in [1.29, 1.82) is 0 Å². The lowest BCUT2D eigenvalue weighted by Crippen LogP contribution is -1.88. The van der Waals surface area contributed by atoms with E-state index in [0.717, 1.165) is 0 Å². The van der Waals surface area contributed by atoms with Gasteiger partial charge in [-0.05, 0) is 23.8 Å². The molecule has 0 unspecified atom stereocenters. The average Bonchev–Trinajstić information content (AvgIpc) is 2.29. The summed E-state index contributed by atoms with van der Waals surface area (Å²) in [6.07, 6.45) is 0. The maximum absolute atomic E-state index is 13.6. The molecule has 0 saturated heterocycles. The van der Waals surface area contributed by atoms with Gasteiger partial charge in [0, 0.05) is 21.2 Å². The largest absolute Gasteiger partial charge is 0.207 e. The fraction of sp³-hybridized carbons (Fsp3) is 0.0769. The van der Waals surface area contributed by atoms with Crippen LogP contribution in [0.2, 0.25) is 10.0 Å². The number of hydrogen-bond donors (Lipinski definition) is 0. The molecule has 0 spiro atoms. The number of halogens is 4. The van der Waals surface area contributed by atoms with Gasteiger partial charge in [-0.1, -0.05) is 41.4 Å². The van der Waals surface area contributed by atoms with Crippen LogP contribution in [-0.4, -0.2) is 0 Å². The minimum absolute atomic E-state index is 0.141. The molecule has 0 aliphatic heterocycles. The first-order chi connectivity index (χ1) is 8.13. The topological polar surface area (TPSA) is 0 Å². The summed E-state index contributed by atoms with van der Waals surface area (Å²) in [6, 6.07) is 9.97. The predicted molar refractivity (Wildman–Crippen MR) is 71.4 cm³/mol. The molecule has 0 N–H and O–H groups in total. The third-order valence-corrected chi connectivity index (χ3v) is 3.37. The fourth-order valence-corrected chi connectivity index (χ4v) is 2.42. The summed E-state index contributed by atoms with van der Waals surface area (Å²) < 4.78 is 13.6. The highest BCUT2D eigenvalue weighted by molar-refractivity contribution is 6.39. The Balaban J connectivity index is 2.57. The molecule has 4 heteroatoms. The molecule has 88 valence electrons. The molecule has 2 aromatic rings. The number of alkyl halides is 1. The van der Waals surface area contributed by atoms with E-state index in [2.05, 4.69) is 0 Å². The highest BCUT2D eigenvalue weighted by Gasteiger charge is 2.10. The predicted octanol–water partition coefficient (Wildman–Crippen LogP) is 5.54. The van der Waals surface area contributed by atoms with Crippen molar-refractivity contribution in [1.82, 2.24) is 0 Å². The van der Waals surface area contributed by atoms with E-state index in [9.17, 15) is 4.39 Å². The molecule has 0 aliphatic rings. The molecule has 2 aromatic carbocycles. The lowest BCUT2D eigenvalue weighted by Gasteiger charge is -2.08. The monoisotopic (exact) mass is 288 g/mol. The van der Waals surface area contributed by atoms with Crippen LogP contribution in [0.4, 0.5) is 4.39 Å². The smallest absolute Gasteiger partial charge is 0.128 e. The molecule has 0 atom stereocenters. The maximum atomic E-state index is 13.6. The van der Waals surface area contributed by atoms with Gasteiger partial charge in [0.2, 0.25) is 0 Å². The number of rotatable bonds is 2. The third-order valence-electron chi connectivity index (χ3n) is 2.45. The zero-order valence-corrected chi connectivity index (χ0v) is 11.0. The quantitative estimate of drug-likeness (QED) is 0.637. The van der Waals surface area contributed by atoms with Crippen molar-refractivity contribution >= 4 is 34.8 Å². The Morgan fingerprint density at radius 3 is 2.18 bits per heavy atom. The highest BCUT2D eigenvalue weighted by atomic mass is 35.5. The second-order valence-electron chi connectivity index (χ2n) is 3.54. The minimum atomic E-state index is -0.353. The molecular weight excluding hydrogens is 282 g/mol. The average molecular weight is 290 g/mol. The molecule has 0 aliphatic carbocycles. The van der Waals surface area contributed by atoms with Gasteiger partial charge in [0.05, 0.1) is 5.88 Å². The maximum Gasteiger partial charge on any atom is 0.128 e. The van der Waals surface area contributed by atoms with E-state index in [1.54, 1.807) is 30.3 Å². The van der Waals surface area contributed by atoms with Crippen molar-refractivity contribution in [3.05, 3.63) is 57.8 Å². The summed E-state index contributed by atoms with van der Waals surface area (Å²) in [4.78, 5) is 0. The lowest BCUT2D eigenvalue weighted by atomic mass is 10.0. The summed E-state index contributed by atoms with van der Waals surface area (Å²) in [5.74, 6) is -0.212. The first kappa shape index (κ1) is 12.7. The Morgan fingerprint density at radius 1 is 1.00 bits per heavy atom. The molecular formula is C13H8Cl3F. The second kappa shape index (κ2) is 5.26. The molecule has 17 heavy (non-hydrogen) atoms. The van der Waals surface area contributed by atoms with Crippen molar-refractivity contribution in [2.45, 2.75) is 5.88 Å². The van der Waals surface area contributed by atoms with Crippen LogP contribution in [0.3, 0.4) is 0 Å². The van der Waals surface area contributed by atoms with E-state index in [0.29, 0.717) is 26.7 Å². The van der Waals surface area contributed by atoms with Gasteiger partial charge in [0.1, 0.15) is 5.82 Å². The highest BCUT2D eigenvalue weighted by Crippen LogP contribution is 2.35. The van der Waals surface area contributed by atoms with E-state index in [4.69, 9.17) is 34.8 Å². The van der Waals surface area contributed by atoms with Gasteiger partial charge >= 0.3 is 0 Å². The van der Waals surface area contributed by atoms with Crippen molar-refractivity contribution in [3.8, 4) is 11.1 Å². The Morgan fingerprint density at radius 2 is 1.65 bits per heavy atom. The molecule has 0 radical (unpaired) electrons. The summed E-state index contributed by atoms with van der Waals surface area (Å²) in [6.45, 7) is 0. The van der Waals surface area contributed by atoms with Gasteiger partial charge in [0.15, 0.2) is 0 Å². The van der Waals surface area contributed by atoms with E-state index >= 15 is 0 Å². The van der Waals surface area contributed by atoms with Crippen LogP contribution < -0.4 is 0 Å². The Labute approximate surface area is 114 Å². The molecule has 2 rings (SSSR count). The molecule has 0 nitrogen and oxygen atoms in total. The summed E-state index contributed by atoms with van der Waals surface area (Å²) in [5, 5.41) is 0.992. The molecule has 0 saturated carbocycles. The number of hydrogen-bond acceptors (Lipinski definition) is 0. The molecule has 0 bridgehead atoms. The fourth-order valence-electron chi connectivity index (χ4n) is 1.58. The third kappa shape index (κ3) is 2.57. The van der Waals surface area contributed by atoms with Gasteiger partial charge in [-0.25, -0.2) is 4.39 Å². The zero-order valence-electron chi connectivity index (χ0n) is 8.68. The summed E-state index contributed by atoms with van der Waals surface area (Å²) >= 11 is 17.7. The molecule has 0 heterocycles. The van der Waals surface area contributed by atoms with E-state index in [-0.39, 0.29) is 11.7 Å². The molecule has 0 fully saturated rings. The van der Waals surface area contributed by atoms with Gasteiger partial charge in [0.25, 0.3) is 0 Å². The zero-order chi connectivity index (χ0) is 12.4. The molecule has 0 aromatic heterocycles.